The summed E-state index contributed by atoms with van der Waals surface area (Å²) in [6.45, 7) is 3.03. The van der Waals surface area contributed by atoms with Crippen molar-refractivity contribution in [2.45, 2.75) is 70.3 Å². The molecule has 1 heterocycles. The highest BCUT2D eigenvalue weighted by Gasteiger charge is 2.29. The standard InChI is InChI=1S/C19H33N3O2/c23-18(21-12-10-14-9-11-20-13-14)16-5-7-17(8-6-16)22-19(24)15-3-1-2-4-15/h14-17,20H,1-13H2,(H,21,23)(H,22,24). The molecule has 2 amide bonds. The van der Waals surface area contributed by atoms with Gasteiger partial charge in [0.15, 0.2) is 0 Å². The molecule has 0 bridgehead atoms. The van der Waals surface area contributed by atoms with Crippen LogP contribution >= 0.6 is 0 Å². The van der Waals surface area contributed by atoms with E-state index in [2.05, 4.69) is 16.0 Å². The average molecular weight is 335 g/mol. The summed E-state index contributed by atoms with van der Waals surface area (Å²) in [6, 6.07) is 0.284. The van der Waals surface area contributed by atoms with Gasteiger partial charge in [-0.3, -0.25) is 9.59 Å². The first kappa shape index (κ1) is 17.7. The summed E-state index contributed by atoms with van der Waals surface area (Å²) in [5, 5.41) is 9.72. The van der Waals surface area contributed by atoms with Crippen LogP contribution in [0.3, 0.4) is 0 Å². The van der Waals surface area contributed by atoms with Crippen molar-refractivity contribution in [1.82, 2.24) is 16.0 Å². The quantitative estimate of drug-likeness (QED) is 0.695. The van der Waals surface area contributed by atoms with E-state index in [1.807, 2.05) is 0 Å². The summed E-state index contributed by atoms with van der Waals surface area (Å²) in [5.41, 5.74) is 0. The van der Waals surface area contributed by atoms with Crippen LogP contribution in [-0.2, 0) is 9.59 Å². The lowest BCUT2D eigenvalue weighted by Crippen LogP contribution is -2.42. The highest BCUT2D eigenvalue weighted by molar-refractivity contribution is 5.80. The second kappa shape index (κ2) is 8.84. The van der Waals surface area contributed by atoms with Crippen molar-refractivity contribution < 1.29 is 9.59 Å². The smallest absolute Gasteiger partial charge is 0.223 e. The van der Waals surface area contributed by atoms with Gasteiger partial charge in [0.2, 0.25) is 11.8 Å². The van der Waals surface area contributed by atoms with E-state index < -0.39 is 0 Å². The zero-order valence-corrected chi connectivity index (χ0v) is 14.8. The van der Waals surface area contributed by atoms with Crippen molar-refractivity contribution in [3.8, 4) is 0 Å². The summed E-state index contributed by atoms with van der Waals surface area (Å²) in [6.07, 6.45) is 10.5. The summed E-state index contributed by atoms with van der Waals surface area (Å²) in [5.74, 6) is 1.60. The molecule has 136 valence electrons. The molecule has 3 rings (SSSR count). The van der Waals surface area contributed by atoms with Gasteiger partial charge in [0.1, 0.15) is 0 Å². The molecule has 0 aromatic rings. The molecule has 3 fully saturated rings. The normalized spacial score (nSPS) is 31.1. The Bertz CT molecular complexity index is 420. The molecule has 5 nitrogen and oxygen atoms in total. The number of nitrogens with one attached hydrogen (secondary N) is 3. The topological polar surface area (TPSA) is 70.2 Å². The molecule has 5 heteroatoms. The summed E-state index contributed by atoms with van der Waals surface area (Å²) in [7, 11) is 0. The van der Waals surface area contributed by atoms with Gasteiger partial charge in [-0.1, -0.05) is 12.8 Å². The molecular formula is C19H33N3O2. The highest BCUT2D eigenvalue weighted by atomic mass is 16.2. The van der Waals surface area contributed by atoms with Crippen LogP contribution in [0, 0.1) is 17.8 Å². The van der Waals surface area contributed by atoms with E-state index in [0.717, 1.165) is 70.5 Å². The molecule has 0 aromatic heterocycles. The van der Waals surface area contributed by atoms with Gasteiger partial charge in [-0.05, 0) is 70.4 Å². The van der Waals surface area contributed by atoms with Crippen LogP contribution < -0.4 is 16.0 Å². The zero-order chi connectivity index (χ0) is 16.8. The molecule has 1 unspecified atom stereocenters. The molecule has 3 aliphatic rings. The van der Waals surface area contributed by atoms with Crippen LogP contribution in [0.2, 0.25) is 0 Å². The Morgan fingerprint density at radius 3 is 2.25 bits per heavy atom. The predicted molar refractivity (Wildman–Crippen MR) is 94.5 cm³/mol. The lowest BCUT2D eigenvalue weighted by molar-refractivity contribution is -0.126. The largest absolute Gasteiger partial charge is 0.356 e. The molecule has 3 N–H and O–H groups in total. The van der Waals surface area contributed by atoms with Crippen LogP contribution in [0.4, 0.5) is 0 Å². The fourth-order valence-electron chi connectivity index (χ4n) is 4.51. The molecule has 24 heavy (non-hydrogen) atoms. The fourth-order valence-corrected chi connectivity index (χ4v) is 4.51. The van der Waals surface area contributed by atoms with Crippen LogP contribution in [-0.4, -0.2) is 37.5 Å². The minimum absolute atomic E-state index is 0.145. The van der Waals surface area contributed by atoms with Crippen LogP contribution in [0.1, 0.15) is 64.2 Å². The third-order valence-electron chi connectivity index (χ3n) is 6.18. The van der Waals surface area contributed by atoms with Crippen molar-refractivity contribution in [2.75, 3.05) is 19.6 Å². The minimum atomic E-state index is 0.145. The van der Waals surface area contributed by atoms with Crippen LogP contribution in [0.5, 0.6) is 0 Å². The Labute approximate surface area is 145 Å². The fraction of sp³-hybridized carbons (Fsp3) is 0.895. The third-order valence-corrected chi connectivity index (χ3v) is 6.18. The summed E-state index contributed by atoms with van der Waals surface area (Å²) >= 11 is 0. The van der Waals surface area contributed by atoms with E-state index in [4.69, 9.17) is 0 Å². The SMILES string of the molecule is O=C(NCCC1CCNC1)C1CCC(NC(=O)C2CCCC2)CC1. The van der Waals surface area contributed by atoms with Crippen molar-refractivity contribution in [3.63, 3.8) is 0 Å². The van der Waals surface area contributed by atoms with E-state index in [1.54, 1.807) is 0 Å². The molecule has 0 aromatic carbocycles. The molecule has 2 saturated carbocycles. The van der Waals surface area contributed by atoms with Crippen molar-refractivity contribution in [2.24, 2.45) is 17.8 Å². The summed E-state index contributed by atoms with van der Waals surface area (Å²) < 4.78 is 0. The van der Waals surface area contributed by atoms with Crippen molar-refractivity contribution in [1.29, 1.82) is 0 Å². The molecule has 1 aliphatic heterocycles. The van der Waals surface area contributed by atoms with E-state index in [-0.39, 0.29) is 29.7 Å². The van der Waals surface area contributed by atoms with E-state index in [1.165, 1.54) is 19.3 Å². The first-order valence-corrected chi connectivity index (χ1v) is 10.0. The Morgan fingerprint density at radius 2 is 1.58 bits per heavy atom. The first-order chi connectivity index (χ1) is 11.7. The molecular weight excluding hydrogens is 302 g/mol. The zero-order valence-electron chi connectivity index (χ0n) is 14.8. The number of hydrogen-bond acceptors (Lipinski definition) is 3. The van der Waals surface area contributed by atoms with Gasteiger partial charge >= 0.3 is 0 Å². The molecule has 2 aliphatic carbocycles. The Kier molecular flexibility index (Phi) is 6.52. The summed E-state index contributed by atoms with van der Waals surface area (Å²) in [4.78, 5) is 24.5. The van der Waals surface area contributed by atoms with Gasteiger partial charge in [0.25, 0.3) is 0 Å². The van der Waals surface area contributed by atoms with Crippen molar-refractivity contribution in [3.05, 3.63) is 0 Å². The van der Waals surface area contributed by atoms with E-state index >= 15 is 0 Å². The van der Waals surface area contributed by atoms with Gasteiger partial charge in [-0.25, -0.2) is 0 Å². The number of carbonyl (C=O) groups excluding carboxylic acids is 2. The lowest BCUT2D eigenvalue weighted by Gasteiger charge is -2.29. The average Bonchev–Trinajstić information content (AvgIpc) is 3.29. The number of carbonyl (C=O) groups is 2. The van der Waals surface area contributed by atoms with Gasteiger partial charge < -0.3 is 16.0 Å². The number of hydrogen-bond donors (Lipinski definition) is 3. The monoisotopic (exact) mass is 335 g/mol. The molecule has 1 atom stereocenters. The second-order valence-corrected chi connectivity index (χ2v) is 7.98. The molecule has 1 saturated heterocycles. The predicted octanol–water partition coefficient (Wildman–Crippen LogP) is 1.97. The van der Waals surface area contributed by atoms with Crippen LogP contribution in [0.15, 0.2) is 0 Å². The number of rotatable bonds is 6. The Hall–Kier alpha value is -1.10. The Balaban J connectivity index is 1.30. The van der Waals surface area contributed by atoms with Gasteiger partial charge in [0, 0.05) is 24.4 Å². The highest BCUT2D eigenvalue weighted by Crippen LogP contribution is 2.27. The minimum Gasteiger partial charge on any atom is -0.356 e. The molecule has 0 radical (unpaired) electrons. The van der Waals surface area contributed by atoms with Gasteiger partial charge in [0.05, 0.1) is 0 Å². The van der Waals surface area contributed by atoms with E-state index in [9.17, 15) is 9.59 Å². The lowest BCUT2D eigenvalue weighted by atomic mass is 9.85. The Morgan fingerprint density at radius 1 is 0.875 bits per heavy atom. The number of amides is 2. The maximum absolute atomic E-state index is 12.3. The van der Waals surface area contributed by atoms with Gasteiger partial charge in [-0.15, -0.1) is 0 Å². The van der Waals surface area contributed by atoms with Gasteiger partial charge in [-0.2, -0.15) is 0 Å². The third kappa shape index (κ3) is 4.95. The molecule has 0 spiro atoms. The van der Waals surface area contributed by atoms with Crippen LogP contribution in [0.25, 0.3) is 0 Å². The first-order valence-electron chi connectivity index (χ1n) is 10.0. The maximum atomic E-state index is 12.3. The van der Waals surface area contributed by atoms with Crippen molar-refractivity contribution >= 4 is 11.8 Å². The maximum Gasteiger partial charge on any atom is 0.223 e. The second-order valence-electron chi connectivity index (χ2n) is 7.98. The van der Waals surface area contributed by atoms with E-state index in [0.29, 0.717) is 0 Å².